The number of carbonyl (C=O) groups excluding carboxylic acids is 2. The number of nitro groups is 1. The summed E-state index contributed by atoms with van der Waals surface area (Å²) >= 11 is 3.03. The summed E-state index contributed by atoms with van der Waals surface area (Å²) in [5.74, 6) is -1.71. The average Bonchev–Trinajstić information content (AvgIpc) is 2.50. The molecule has 2 N–H and O–H groups in total. The number of nitrogens with zero attached hydrogens (tertiary/aromatic N) is 1. The molecule has 2 aromatic carbocycles. The third kappa shape index (κ3) is 4.13. The van der Waals surface area contributed by atoms with E-state index < -0.39 is 22.6 Å². The Morgan fingerprint density at radius 1 is 1.17 bits per heavy atom. The summed E-state index contributed by atoms with van der Waals surface area (Å²) in [6.45, 7) is 1.23. The van der Waals surface area contributed by atoms with E-state index in [0.717, 1.165) is 12.1 Å². The van der Waals surface area contributed by atoms with Gasteiger partial charge in [0, 0.05) is 24.2 Å². The van der Waals surface area contributed by atoms with Crippen molar-refractivity contribution in [3.63, 3.8) is 0 Å². The van der Waals surface area contributed by atoms with Crippen LogP contribution >= 0.6 is 15.9 Å². The van der Waals surface area contributed by atoms with Crippen LogP contribution in [0.15, 0.2) is 40.9 Å². The monoisotopic (exact) mass is 395 g/mol. The molecule has 0 spiro atoms. The summed E-state index contributed by atoms with van der Waals surface area (Å²) in [5.41, 5.74) is -0.0335. The molecule has 0 aliphatic heterocycles. The first-order chi connectivity index (χ1) is 11.3. The van der Waals surface area contributed by atoms with Crippen LogP contribution in [0, 0.1) is 15.9 Å². The van der Waals surface area contributed by atoms with Crippen LogP contribution in [0.5, 0.6) is 0 Å². The van der Waals surface area contributed by atoms with E-state index in [4.69, 9.17) is 0 Å². The van der Waals surface area contributed by atoms with Crippen LogP contribution < -0.4 is 10.6 Å². The third-order valence-corrected chi connectivity index (χ3v) is 3.61. The zero-order chi connectivity index (χ0) is 17.9. The molecule has 0 bridgehead atoms. The normalized spacial score (nSPS) is 10.1. The first kappa shape index (κ1) is 17.5. The van der Waals surface area contributed by atoms with E-state index >= 15 is 0 Å². The predicted octanol–water partition coefficient (Wildman–Crippen LogP) is 3.71. The van der Waals surface area contributed by atoms with Crippen molar-refractivity contribution in [1.82, 2.24) is 0 Å². The zero-order valence-corrected chi connectivity index (χ0v) is 13.9. The summed E-state index contributed by atoms with van der Waals surface area (Å²) < 4.78 is 13.8. The fraction of sp³-hybridized carbons (Fsp3) is 0.0667. The van der Waals surface area contributed by atoms with E-state index in [1.54, 1.807) is 0 Å². The molecule has 2 aromatic rings. The maximum Gasteiger partial charge on any atom is 0.284 e. The molecule has 2 rings (SSSR count). The molecule has 7 nitrogen and oxygen atoms in total. The molecular formula is C15H11BrFN3O4. The van der Waals surface area contributed by atoms with E-state index in [-0.39, 0.29) is 27.1 Å². The van der Waals surface area contributed by atoms with Crippen molar-refractivity contribution in [2.75, 3.05) is 10.6 Å². The Kier molecular flexibility index (Phi) is 5.24. The van der Waals surface area contributed by atoms with Crippen LogP contribution in [0.2, 0.25) is 0 Å². The molecular weight excluding hydrogens is 385 g/mol. The minimum absolute atomic E-state index is 0.0651. The van der Waals surface area contributed by atoms with Gasteiger partial charge in [-0.2, -0.15) is 0 Å². The second kappa shape index (κ2) is 7.18. The highest BCUT2D eigenvalue weighted by Crippen LogP contribution is 2.26. The Labute approximate surface area is 144 Å². The number of nitro benzene ring substituents is 1. The van der Waals surface area contributed by atoms with E-state index in [0.29, 0.717) is 0 Å². The smallest absolute Gasteiger partial charge is 0.284 e. The van der Waals surface area contributed by atoms with Gasteiger partial charge in [-0.05, 0) is 46.3 Å². The molecule has 0 aliphatic carbocycles. The van der Waals surface area contributed by atoms with Gasteiger partial charge in [0.1, 0.15) is 5.82 Å². The van der Waals surface area contributed by atoms with E-state index in [1.807, 2.05) is 0 Å². The SMILES string of the molecule is CC(=O)Nc1cc(NC(=O)c2ccc(Br)c([N+](=O)[O-])c2)ccc1F. The molecule has 0 aliphatic rings. The van der Waals surface area contributed by atoms with Crippen LogP contribution in [0.4, 0.5) is 21.5 Å². The van der Waals surface area contributed by atoms with Crippen molar-refractivity contribution in [2.24, 2.45) is 0 Å². The number of benzene rings is 2. The summed E-state index contributed by atoms with van der Waals surface area (Å²) in [6.07, 6.45) is 0. The second-order valence-electron chi connectivity index (χ2n) is 4.75. The number of anilines is 2. The highest BCUT2D eigenvalue weighted by molar-refractivity contribution is 9.10. The topological polar surface area (TPSA) is 101 Å². The van der Waals surface area contributed by atoms with Crippen molar-refractivity contribution < 1.29 is 18.9 Å². The van der Waals surface area contributed by atoms with Gasteiger partial charge in [0.15, 0.2) is 0 Å². The van der Waals surface area contributed by atoms with Crippen LogP contribution in [-0.4, -0.2) is 16.7 Å². The molecule has 2 amide bonds. The Bertz CT molecular complexity index is 841. The predicted molar refractivity (Wildman–Crippen MR) is 89.5 cm³/mol. The second-order valence-corrected chi connectivity index (χ2v) is 5.61. The summed E-state index contributed by atoms with van der Waals surface area (Å²) in [6, 6.07) is 7.57. The molecule has 9 heteroatoms. The lowest BCUT2D eigenvalue weighted by Gasteiger charge is -2.09. The maximum atomic E-state index is 13.6. The number of hydrogen-bond donors (Lipinski definition) is 2. The third-order valence-electron chi connectivity index (χ3n) is 2.94. The largest absolute Gasteiger partial charge is 0.324 e. The van der Waals surface area contributed by atoms with Crippen molar-refractivity contribution in [1.29, 1.82) is 0 Å². The van der Waals surface area contributed by atoms with Gasteiger partial charge in [-0.25, -0.2) is 4.39 Å². The highest BCUT2D eigenvalue weighted by atomic mass is 79.9. The number of halogens is 2. The maximum absolute atomic E-state index is 13.6. The van der Waals surface area contributed by atoms with Crippen molar-refractivity contribution in [3.05, 3.63) is 62.4 Å². The van der Waals surface area contributed by atoms with Gasteiger partial charge in [-0.1, -0.05) is 0 Å². The molecule has 0 unspecified atom stereocenters. The van der Waals surface area contributed by atoms with Crippen molar-refractivity contribution in [2.45, 2.75) is 6.92 Å². The van der Waals surface area contributed by atoms with Crippen molar-refractivity contribution in [3.8, 4) is 0 Å². The van der Waals surface area contributed by atoms with E-state index in [2.05, 4.69) is 26.6 Å². The fourth-order valence-electron chi connectivity index (χ4n) is 1.89. The molecule has 0 aromatic heterocycles. The van der Waals surface area contributed by atoms with Gasteiger partial charge in [-0.15, -0.1) is 0 Å². The minimum atomic E-state index is -0.650. The zero-order valence-electron chi connectivity index (χ0n) is 12.3. The Morgan fingerprint density at radius 3 is 2.50 bits per heavy atom. The van der Waals surface area contributed by atoms with Gasteiger partial charge in [-0.3, -0.25) is 19.7 Å². The quantitative estimate of drug-likeness (QED) is 0.608. The Morgan fingerprint density at radius 2 is 1.88 bits per heavy atom. The first-order valence-corrected chi connectivity index (χ1v) is 7.39. The highest BCUT2D eigenvalue weighted by Gasteiger charge is 2.16. The lowest BCUT2D eigenvalue weighted by atomic mass is 10.2. The Hall–Kier alpha value is -2.81. The van der Waals surface area contributed by atoms with Crippen LogP contribution in [0.25, 0.3) is 0 Å². The fourth-order valence-corrected chi connectivity index (χ4v) is 2.28. The lowest BCUT2D eigenvalue weighted by Crippen LogP contribution is -2.13. The number of amides is 2. The molecule has 0 atom stereocenters. The van der Waals surface area contributed by atoms with Crippen LogP contribution in [0.1, 0.15) is 17.3 Å². The average molecular weight is 396 g/mol. The van der Waals surface area contributed by atoms with Gasteiger partial charge < -0.3 is 10.6 Å². The first-order valence-electron chi connectivity index (χ1n) is 6.60. The molecule has 0 heterocycles. The van der Waals surface area contributed by atoms with Crippen LogP contribution in [-0.2, 0) is 4.79 Å². The van der Waals surface area contributed by atoms with Gasteiger partial charge in [0.25, 0.3) is 11.6 Å². The molecule has 0 fully saturated rings. The Balaban J connectivity index is 2.25. The standard InChI is InChI=1S/C15H11BrFN3O4/c1-8(21)18-13-7-10(3-5-12(13)17)19-15(22)9-2-4-11(16)14(6-9)20(23)24/h2-7H,1H3,(H,18,21)(H,19,22). The summed E-state index contributed by atoms with van der Waals surface area (Å²) in [4.78, 5) is 33.5. The van der Waals surface area contributed by atoms with Gasteiger partial charge in [0.2, 0.25) is 5.91 Å². The summed E-state index contributed by atoms with van der Waals surface area (Å²) in [5, 5.41) is 15.7. The molecule has 124 valence electrons. The molecule has 24 heavy (non-hydrogen) atoms. The van der Waals surface area contributed by atoms with E-state index in [9.17, 15) is 24.1 Å². The molecule has 0 saturated carbocycles. The van der Waals surface area contributed by atoms with Gasteiger partial charge in [0.05, 0.1) is 15.1 Å². The minimum Gasteiger partial charge on any atom is -0.324 e. The number of carbonyl (C=O) groups is 2. The number of hydrogen-bond acceptors (Lipinski definition) is 4. The van der Waals surface area contributed by atoms with Crippen molar-refractivity contribution >= 4 is 44.8 Å². The lowest BCUT2D eigenvalue weighted by molar-refractivity contribution is -0.385. The van der Waals surface area contributed by atoms with Gasteiger partial charge >= 0.3 is 0 Å². The molecule has 0 radical (unpaired) electrons. The van der Waals surface area contributed by atoms with E-state index in [1.165, 1.54) is 31.2 Å². The number of nitrogens with one attached hydrogen (secondary N) is 2. The van der Waals surface area contributed by atoms with Crippen LogP contribution in [0.3, 0.4) is 0 Å². The summed E-state index contributed by atoms with van der Waals surface area (Å²) in [7, 11) is 0. The molecule has 0 saturated heterocycles. The number of rotatable bonds is 4.